The number of rotatable bonds is 8. The molecule has 9 rings (SSSR count). The van der Waals surface area contributed by atoms with Gasteiger partial charge in [-0.3, -0.25) is 0 Å². The standard InChI is InChI=1S/C44H70O16/c1-19-8-13-44(53-18-19)20(2)30-27(60-44)15-26-24-7-6-22-14-23(9-11-42(22,4)25(24)10-12-43(26,30)5)55-41-38(59-39-35(51)33(49)31(47)21(3)54-39)36(52)37(29(17-46)57-41)58-40-34(50)32(48)28(16-45)56-40/h6,19-21,23-41,45-52H,7-18H2,1-5H3/t19-,20+,21+,23+,24-,25+,26+,27+,28+,29-,30+,31+,32+,33-,34-,35-,36+,37-,38-,39+,40+,41?,42+,43+,44-/m1/s1. The van der Waals surface area contributed by atoms with Crippen LogP contribution in [0.2, 0.25) is 0 Å². The second-order valence-corrected chi connectivity index (χ2v) is 20.6. The molecule has 60 heavy (non-hydrogen) atoms. The summed E-state index contributed by atoms with van der Waals surface area (Å²) in [6, 6.07) is 0. The Morgan fingerprint density at radius 3 is 2.10 bits per heavy atom. The van der Waals surface area contributed by atoms with E-state index in [2.05, 4.69) is 33.8 Å². The van der Waals surface area contributed by atoms with E-state index in [0.29, 0.717) is 48.3 Å². The molecule has 16 nitrogen and oxygen atoms in total. The van der Waals surface area contributed by atoms with Crippen LogP contribution in [0.4, 0.5) is 0 Å². The summed E-state index contributed by atoms with van der Waals surface area (Å²) in [4.78, 5) is 0. The van der Waals surface area contributed by atoms with Crippen LogP contribution in [0.1, 0.15) is 92.4 Å². The molecule has 1 unspecified atom stereocenters. The molecule has 8 fully saturated rings. The van der Waals surface area contributed by atoms with Gasteiger partial charge in [0.05, 0.1) is 38.1 Å². The van der Waals surface area contributed by atoms with Gasteiger partial charge >= 0.3 is 0 Å². The van der Waals surface area contributed by atoms with Crippen LogP contribution in [0.3, 0.4) is 0 Å². The van der Waals surface area contributed by atoms with Gasteiger partial charge in [-0.15, -0.1) is 0 Å². The first-order valence-electron chi connectivity index (χ1n) is 22.8. The van der Waals surface area contributed by atoms with Crippen LogP contribution in [0.5, 0.6) is 0 Å². The average molecular weight is 855 g/mol. The SMILES string of the molecule is C[C@@H]1CC[C@@]2(OC1)O[C@H]1C[C@H]3[C@@H]4CC=C5C[C@@H](OC6O[C@H](CO)[C@@H](O[C@@H]7O[C@@H](CO)[C@H](O)[C@H]7O)[C@H](O)[C@H]6O[C@@H]6O[C@@H](C)[C@H](O)[C@@H](O)[C@H]6O)CC[C@]5(C)[C@H]4CC[C@]3(C)[C@H]1[C@@H]2C. The summed E-state index contributed by atoms with van der Waals surface area (Å²) in [6.07, 6.45) is -8.79. The fraction of sp³-hybridized carbons (Fsp3) is 0.955. The Bertz CT molecular complexity index is 1560. The molecule has 0 aromatic carbocycles. The molecular formula is C44H70O16. The predicted octanol–water partition coefficient (Wildman–Crippen LogP) is 0.853. The Morgan fingerprint density at radius 2 is 1.40 bits per heavy atom. The number of allylic oxidation sites excluding steroid dienone is 1. The molecule has 9 aliphatic rings. The normalized spacial score (nSPS) is 57.7. The smallest absolute Gasteiger partial charge is 0.187 e. The van der Waals surface area contributed by atoms with Crippen LogP contribution in [0.25, 0.3) is 0 Å². The topological polar surface area (TPSA) is 236 Å². The van der Waals surface area contributed by atoms with Crippen LogP contribution in [0.15, 0.2) is 11.6 Å². The van der Waals surface area contributed by atoms with Crippen molar-refractivity contribution in [2.75, 3.05) is 19.8 Å². The van der Waals surface area contributed by atoms with Crippen molar-refractivity contribution >= 4 is 0 Å². The van der Waals surface area contributed by atoms with E-state index >= 15 is 0 Å². The average Bonchev–Trinajstić information content (AvgIpc) is 3.79. The minimum atomic E-state index is -1.70. The molecule has 1 spiro atoms. The summed E-state index contributed by atoms with van der Waals surface area (Å²) in [5.41, 5.74) is 1.54. The molecule has 5 saturated heterocycles. The summed E-state index contributed by atoms with van der Waals surface area (Å²) in [6.45, 7) is 10.7. The first kappa shape index (κ1) is 44.3. The zero-order valence-corrected chi connectivity index (χ0v) is 35.6. The molecule has 3 saturated carbocycles. The van der Waals surface area contributed by atoms with Crippen LogP contribution in [-0.2, 0) is 37.9 Å². The highest BCUT2D eigenvalue weighted by Gasteiger charge is 2.69. The molecule has 4 aliphatic carbocycles. The second-order valence-electron chi connectivity index (χ2n) is 20.6. The van der Waals surface area contributed by atoms with Crippen molar-refractivity contribution in [3.8, 4) is 0 Å². The third-order valence-electron chi connectivity index (χ3n) is 17.3. The number of ether oxygens (including phenoxy) is 8. The number of hydrogen-bond acceptors (Lipinski definition) is 16. The monoisotopic (exact) mass is 854 g/mol. The molecule has 5 heterocycles. The van der Waals surface area contributed by atoms with E-state index in [9.17, 15) is 40.9 Å². The molecule has 25 atom stereocenters. The van der Waals surface area contributed by atoms with E-state index in [4.69, 9.17) is 37.9 Å². The first-order valence-corrected chi connectivity index (χ1v) is 22.8. The molecular weight excluding hydrogens is 784 g/mol. The zero-order chi connectivity index (χ0) is 42.6. The minimum Gasteiger partial charge on any atom is -0.394 e. The predicted molar refractivity (Wildman–Crippen MR) is 208 cm³/mol. The van der Waals surface area contributed by atoms with E-state index in [1.54, 1.807) is 0 Å². The van der Waals surface area contributed by atoms with Gasteiger partial charge in [-0.05, 0) is 98.7 Å². The quantitative estimate of drug-likeness (QED) is 0.158. The molecule has 342 valence electrons. The second kappa shape index (κ2) is 16.5. The van der Waals surface area contributed by atoms with Crippen molar-refractivity contribution in [2.24, 2.45) is 46.3 Å². The van der Waals surface area contributed by atoms with Crippen molar-refractivity contribution < 1.29 is 78.7 Å². The fourth-order valence-electron chi connectivity index (χ4n) is 13.8. The molecule has 0 aromatic rings. The van der Waals surface area contributed by atoms with Crippen molar-refractivity contribution in [1.82, 2.24) is 0 Å². The van der Waals surface area contributed by atoms with E-state index < -0.39 is 105 Å². The number of aliphatic hydroxyl groups is 8. The molecule has 0 bridgehead atoms. The van der Waals surface area contributed by atoms with E-state index in [-0.39, 0.29) is 23.0 Å². The lowest BCUT2D eigenvalue weighted by Crippen LogP contribution is -2.65. The molecule has 8 N–H and O–H groups in total. The van der Waals surface area contributed by atoms with Crippen LogP contribution in [-0.4, -0.2) is 165 Å². The van der Waals surface area contributed by atoms with Gasteiger partial charge in [-0.1, -0.05) is 39.3 Å². The largest absolute Gasteiger partial charge is 0.394 e. The van der Waals surface area contributed by atoms with Crippen molar-refractivity contribution in [3.63, 3.8) is 0 Å². The van der Waals surface area contributed by atoms with Crippen molar-refractivity contribution in [2.45, 2.75) is 196 Å². The highest BCUT2D eigenvalue weighted by molar-refractivity contribution is 5.26. The highest BCUT2D eigenvalue weighted by atomic mass is 16.8. The number of hydrogen-bond donors (Lipinski definition) is 8. The van der Waals surface area contributed by atoms with Gasteiger partial charge in [-0.25, -0.2) is 0 Å². The van der Waals surface area contributed by atoms with Crippen LogP contribution in [0, 0.1) is 46.3 Å². The molecule has 5 aliphatic heterocycles. The fourth-order valence-corrected chi connectivity index (χ4v) is 13.8. The molecule has 16 heteroatoms. The maximum Gasteiger partial charge on any atom is 0.187 e. The van der Waals surface area contributed by atoms with E-state index in [1.165, 1.54) is 18.9 Å². The van der Waals surface area contributed by atoms with Gasteiger partial charge in [0, 0.05) is 12.3 Å². The maximum atomic E-state index is 11.9. The Kier molecular flexibility index (Phi) is 12.2. The molecule has 0 amide bonds. The summed E-state index contributed by atoms with van der Waals surface area (Å²) in [7, 11) is 0. The van der Waals surface area contributed by atoms with Crippen molar-refractivity contribution in [1.29, 1.82) is 0 Å². The van der Waals surface area contributed by atoms with Crippen LogP contribution < -0.4 is 0 Å². The van der Waals surface area contributed by atoms with Gasteiger partial charge in [0.2, 0.25) is 0 Å². The van der Waals surface area contributed by atoms with Gasteiger partial charge in [-0.2, -0.15) is 0 Å². The third-order valence-corrected chi connectivity index (χ3v) is 17.3. The lowest BCUT2D eigenvalue weighted by Gasteiger charge is -2.58. The van der Waals surface area contributed by atoms with Gasteiger partial charge < -0.3 is 78.7 Å². The summed E-state index contributed by atoms with van der Waals surface area (Å²) in [5.74, 6) is 2.65. The van der Waals surface area contributed by atoms with Crippen LogP contribution >= 0.6 is 0 Å². The summed E-state index contributed by atoms with van der Waals surface area (Å²) < 4.78 is 49.9. The molecule has 0 radical (unpaired) electrons. The van der Waals surface area contributed by atoms with E-state index in [0.717, 1.165) is 45.1 Å². The van der Waals surface area contributed by atoms with Gasteiger partial charge in [0.25, 0.3) is 0 Å². The molecule has 0 aromatic heterocycles. The summed E-state index contributed by atoms with van der Waals surface area (Å²) in [5, 5.41) is 84.8. The Morgan fingerprint density at radius 1 is 0.700 bits per heavy atom. The Balaban J connectivity index is 0.913. The summed E-state index contributed by atoms with van der Waals surface area (Å²) >= 11 is 0. The van der Waals surface area contributed by atoms with E-state index in [1.807, 2.05) is 0 Å². The highest BCUT2D eigenvalue weighted by Crippen LogP contribution is 2.70. The van der Waals surface area contributed by atoms with Crippen molar-refractivity contribution in [3.05, 3.63) is 11.6 Å². The first-order chi connectivity index (χ1) is 28.5. The lowest BCUT2D eigenvalue weighted by atomic mass is 9.47. The Labute approximate surface area is 352 Å². The number of aliphatic hydroxyl groups excluding tert-OH is 8. The minimum absolute atomic E-state index is 0.0141. The maximum absolute atomic E-state index is 11.9. The number of fused-ring (bicyclic) bond motifs is 7. The van der Waals surface area contributed by atoms with Gasteiger partial charge in [0.15, 0.2) is 24.7 Å². The van der Waals surface area contributed by atoms with Gasteiger partial charge in [0.1, 0.15) is 61.0 Å². The Hall–Kier alpha value is -0.900. The third kappa shape index (κ3) is 7.10. The lowest BCUT2D eigenvalue weighted by molar-refractivity contribution is -0.380. The zero-order valence-electron chi connectivity index (χ0n) is 35.6.